The first kappa shape index (κ1) is 20.0. The molecule has 1 amide bonds. The molecule has 3 aromatic heterocycles. The van der Waals surface area contributed by atoms with Crippen LogP contribution in [-0.2, 0) is 6.42 Å². The number of hydrogen-bond donors (Lipinski definition) is 1. The minimum absolute atomic E-state index is 0.0474. The number of hydrogen-bond acceptors (Lipinski definition) is 6. The number of likely N-dealkylation sites (tertiary alicyclic amines) is 1. The quantitative estimate of drug-likeness (QED) is 0.515. The average Bonchev–Trinajstić information content (AvgIpc) is 3.50. The molecule has 1 aliphatic heterocycles. The van der Waals surface area contributed by atoms with Crippen molar-refractivity contribution < 1.29 is 13.7 Å². The number of aromatic amines is 1. The highest BCUT2D eigenvalue weighted by atomic mass is 19.1. The molecule has 5 rings (SSSR count). The van der Waals surface area contributed by atoms with Gasteiger partial charge in [-0.05, 0) is 48.1 Å². The van der Waals surface area contributed by atoms with E-state index in [9.17, 15) is 9.18 Å². The lowest BCUT2D eigenvalue weighted by Gasteiger charge is -2.31. The summed E-state index contributed by atoms with van der Waals surface area (Å²) in [6.07, 6.45) is 9.03. The van der Waals surface area contributed by atoms with Crippen LogP contribution >= 0.6 is 0 Å². The molecule has 1 aliphatic rings. The first-order chi connectivity index (χ1) is 15.7. The number of carbonyl (C=O) groups excluding carboxylic acids is 1. The number of amides is 1. The van der Waals surface area contributed by atoms with Crippen LogP contribution in [-0.4, -0.2) is 49.0 Å². The molecule has 8 nitrogen and oxygen atoms in total. The predicted molar refractivity (Wildman–Crippen MR) is 114 cm³/mol. The van der Waals surface area contributed by atoms with Crippen molar-refractivity contribution in [1.29, 1.82) is 0 Å². The zero-order chi connectivity index (χ0) is 21.9. The largest absolute Gasteiger partial charge is 0.357 e. The van der Waals surface area contributed by atoms with Crippen molar-refractivity contribution >= 4 is 5.91 Å². The summed E-state index contributed by atoms with van der Waals surface area (Å²) >= 11 is 0. The molecule has 9 heteroatoms. The van der Waals surface area contributed by atoms with Gasteiger partial charge in [0.2, 0.25) is 11.7 Å². The first-order valence-electron chi connectivity index (χ1n) is 10.5. The third-order valence-corrected chi connectivity index (χ3v) is 5.62. The molecule has 4 aromatic rings. The number of nitrogens with zero attached hydrogens (tertiary/aromatic N) is 5. The zero-order valence-corrected chi connectivity index (χ0v) is 17.2. The van der Waals surface area contributed by atoms with Crippen LogP contribution in [0.2, 0.25) is 0 Å². The molecule has 0 saturated carbocycles. The Hall–Kier alpha value is -3.88. The smallest absolute Gasteiger partial charge is 0.270 e. The van der Waals surface area contributed by atoms with Gasteiger partial charge in [-0.2, -0.15) is 4.98 Å². The van der Waals surface area contributed by atoms with Gasteiger partial charge >= 0.3 is 0 Å². The van der Waals surface area contributed by atoms with Crippen LogP contribution in [0.15, 0.2) is 59.6 Å². The number of carbonyl (C=O) groups is 1. The highest BCUT2D eigenvalue weighted by Crippen LogP contribution is 2.25. The SMILES string of the molecule is O=C(c1cc(-c2ccc(F)cc2)c[nH]1)N1CCC[C@@H](Cc2nc(-c3cnccn3)no2)C1. The van der Waals surface area contributed by atoms with Crippen LogP contribution in [0.4, 0.5) is 4.39 Å². The lowest BCUT2D eigenvalue weighted by atomic mass is 9.94. The van der Waals surface area contributed by atoms with E-state index >= 15 is 0 Å². The Morgan fingerprint density at radius 2 is 2.09 bits per heavy atom. The van der Waals surface area contributed by atoms with E-state index in [1.54, 1.807) is 36.9 Å². The second-order valence-electron chi connectivity index (χ2n) is 7.87. The molecule has 0 bridgehead atoms. The van der Waals surface area contributed by atoms with Crippen LogP contribution in [0.5, 0.6) is 0 Å². The summed E-state index contributed by atoms with van der Waals surface area (Å²) in [5.74, 6) is 0.841. The van der Waals surface area contributed by atoms with Gasteiger partial charge in [-0.1, -0.05) is 17.3 Å². The van der Waals surface area contributed by atoms with Gasteiger partial charge < -0.3 is 14.4 Å². The number of piperidine rings is 1. The van der Waals surface area contributed by atoms with Crippen LogP contribution in [0.1, 0.15) is 29.2 Å². The van der Waals surface area contributed by atoms with Gasteiger partial charge in [0.05, 0.1) is 6.20 Å². The fourth-order valence-corrected chi connectivity index (χ4v) is 4.02. The number of benzene rings is 1. The molecule has 1 fully saturated rings. The van der Waals surface area contributed by atoms with Crippen molar-refractivity contribution in [2.24, 2.45) is 5.92 Å². The summed E-state index contributed by atoms with van der Waals surface area (Å²) in [6, 6.07) is 8.02. The monoisotopic (exact) mass is 432 g/mol. The summed E-state index contributed by atoms with van der Waals surface area (Å²) in [5, 5.41) is 3.99. The molecular formula is C23H21FN6O2. The highest BCUT2D eigenvalue weighted by Gasteiger charge is 2.27. The van der Waals surface area contributed by atoms with E-state index in [-0.39, 0.29) is 17.6 Å². The van der Waals surface area contributed by atoms with E-state index in [2.05, 4.69) is 25.1 Å². The maximum Gasteiger partial charge on any atom is 0.270 e. The number of aromatic nitrogens is 5. The fourth-order valence-electron chi connectivity index (χ4n) is 4.02. The van der Waals surface area contributed by atoms with Gasteiger partial charge in [-0.3, -0.25) is 9.78 Å². The Morgan fingerprint density at radius 1 is 1.22 bits per heavy atom. The van der Waals surface area contributed by atoms with Crippen molar-refractivity contribution in [2.75, 3.05) is 13.1 Å². The number of halogens is 1. The molecule has 0 spiro atoms. The van der Waals surface area contributed by atoms with Crippen LogP contribution in [0.3, 0.4) is 0 Å². The summed E-state index contributed by atoms with van der Waals surface area (Å²) in [4.78, 5) is 30.6. The number of H-pyrrole nitrogens is 1. The molecule has 1 aromatic carbocycles. The molecule has 32 heavy (non-hydrogen) atoms. The summed E-state index contributed by atoms with van der Waals surface area (Å²) in [6.45, 7) is 1.32. The fraction of sp³-hybridized carbons (Fsp3) is 0.261. The van der Waals surface area contributed by atoms with E-state index in [0.29, 0.717) is 42.6 Å². The van der Waals surface area contributed by atoms with Crippen molar-refractivity contribution in [3.05, 3.63) is 72.5 Å². The molecular weight excluding hydrogens is 411 g/mol. The second-order valence-corrected chi connectivity index (χ2v) is 7.87. The molecule has 1 atom stereocenters. The zero-order valence-electron chi connectivity index (χ0n) is 17.2. The lowest BCUT2D eigenvalue weighted by Crippen LogP contribution is -2.40. The molecule has 0 unspecified atom stereocenters. The second kappa shape index (κ2) is 8.70. The van der Waals surface area contributed by atoms with Crippen LogP contribution < -0.4 is 0 Å². The Labute approximate surface area is 183 Å². The van der Waals surface area contributed by atoms with Gasteiger partial charge in [-0.15, -0.1) is 0 Å². The number of rotatable bonds is 5. The topological polar surface area (TPSA) is 101 Å². The van der Waals surface area contributed by atoms with Crippen molar-refractivity contribution in [3.8, 4) is 22.6 Å². The van der Waals surface area contributed by atoms with Gasteiger partial charge in [0.15, 0.2) is 0 Å². The highest BCUT2D eigenvalue weighted by molar-refractivity contribution is 5.94. The Balaban J connectivity index is 1.24. The van der Waals surface area contributed by atoms with Gasteiger partial charge in [0.1, 0.15) is 17.2 Å². The summed E-state index contributed by atoms with van der Waals surface area (Å²) in [5.41, 5.74) is 2.79. The van der Waals surface area contributed by atoms with Gasteiger partial charge in [0.25, 0.3) is 5.91 Å². The van der Waals surface area contributed by atoms with E-state index < -0.39 is 0 Å². The molecule has 1 N–H and O–H groups in total. The predicted octanol–water partition coefficient (Wildman–Crippen LogP) is 3.76. The van der Waals surface area contributed by atoms with Crippen molar-refractivity contribution in [1.82, 2.24) is 30.0 Å². The number of nitrogens with one attached hydrogen (secondary N) is 1. The van der Waals surface area contributed by atoms with E-state index in [0.717, 1.165) is 24.0 Å². The summed E-state index contributed by atoms with van der Waals surface area (Å²) < 4.78 is 18.6. The van der Waals surface area contributed by atoms with Crippen molar-refractivity contribution in [2.45, 2.75) is 19.3 Å². The van der Waals surface area contributed by atoms with Gasteiger partial charge in [-0.25, -0.2) is 9.37 Å². The average molecular weight is 432 g/mol. The third kappa shape index (κ3) is 4.27. The maximum atomic E-state index is 13.2. The Bertz CT molecular complexity index is 1200. The van der Waals surface area contributed by atoms with Crippen molar-refractivity contribution in [3.63, 3.8) is 0 Å². The lowest BCUT2D eigenvalue weighted by molar-refractivity contribution is 0.0663. The standard InChI is InChI=1S/C23H21FN6O2/c24-18-5-3-16(4-6-18)17-11-19(27-12-17)23(31)30-9-1-2-15(14-30)10-21-28-22(29-32-21)20-13-25-7-8-26-20/h3-8,11-13,15,27H,1-2,9-10,14H2/t15-/m0/s1. The van der Waals surface area contributed by atoms with Crippen LogP contribution in [0, 0.1) is 11.7 Å². The third-order valence-electron chi connectivity index (χ3n) is 5.62. The molecule has 0 radical (unpaired) electrons. The van der Waals surface area contributed by atoms with E-state index in [1.165, 1.54) is 12.1 Å². The van der Waals surface area contributed by atoms with Gasteiger partial charge in [0, 0.05) is 38.1 Å². The maximum absolute atomic E-state index is 13.2. The normalized spacial score (nSPS) is 16.3. The Kier molecular flexibility index (Phi) is 5.45. The Morgan fingerprint density at radius 3 is 2.91 bits per heavy atom. The minimum atomic E-state index is -0.287. The van der Waals surface area contributed by atoms with Crippen LogP contribution in [0.25, 0.3) is 22.6 Å². The van der Waals surface area contributed by atoms with E-state index in [1.807, 2.05) is 11.0 Å². The molecule has 162 valence electrons. The molecule has 4 heterocycles. The first-order valence-corrected chi connectivity index (χ1v) is 10.5. The molecule has 1 saturated heterocycles. The molecule has 0 aliphatic carbocycles. The van der Waals surface area contributed by atoms with E-state index in [4.69, 9.17) is 4.52 Å². The minimum Gasteiger partial charge on any atom is -0.357 e. The summed E-state index contributed by atoms with van der Waals surface area (Å²) in [7, 11) is 0.